The van der Waals surface area contributed by atoms with E-state index in [1.807, 2.05) is 55.5 Å². The molecule has 0 aliphatic heterocycles. The average Bonchev–Trinajstić information content (AvgIpc) is 3.28. The SMILES string of the molecule is CCNC(=O)CCCC=CC[C@@H]1[C@@H](C=C[C@H](CCc2ccccc2)OC(=O)CCC(=O)OCCCCO[N+](=O)[O-])[C@H](O)C[C@@H]1O. The number of esters is 2. The zero-order chi connectivity index (χ0) is 32.9. The minimum atomic E-state index is -0.878. The van der Waals surface area contributed by atoms with E-state index >= 15 is 0 Å². The standard InChI is InChI=1S/C33H48N2O10/c1-2-34-31(38)15-9-4-3-8-14-27-28(30(37)24-29(27)36)19-18-26(17-16-25-12-6-5-7-13-25)45-33(40)21-20-32(39)43-22-10-11-23-44-35(41)42/h3,5-8,12-13,18-19,26-30,36-37H,2,4,9-11,14-17,20-24H2,1H3,(H,34,38)/t26-,27+,28+,29-,30+/m0/s1. The van der Waals surface area contributed by atoms with Crippen LogP contribution in [0, 0.1) is 22.0 Å². The number of aryl methyl sites for hydroxylation is 1. The van der Waals surface area contributed by atoms with E-state index < -0.39 is 35.3 Å². The molecule has 0 radical (unpaired) electrons. The Morgan fingerprint density at radius 2 is 1.76 bits per heavy atom. The van der Waals surface area contributed by atoms with E-state index in [9.17, 15) is 34.7 Å². The van der Waals surface area contributed by atoms with Crippen LogP contribution in [0.1, 0.15) is 76.7 Å². The largest absolute Gasteiger partial charge is 0.466 e. The summed E-state index contributed by atoms with van der Waals surface area (Å²) < 4.78 is 10.8. The lowest BCUT2D eigenvalue weighted by Gasteiger charge is -2.21. The number of hydrogen-bond acceptors (Lipinski definition) is 10. The minimum absolute atomic E-state index is 0.0307. The van der Waals surface area contributed by atoms with Crippen LogP contribution in [0.2, 0.25) is 0 Å². The van der Waals surface area contributed by atoms with Crippen molar-refractivity contribution in [1.82, 2.24) is 5.32 Å². The third-order valence-electron chi connectivity index (χ3n) is 7.56. The van der Waals surface area contributed by atoms with E-state index in [0.717, 1.165) is 18.4 Å². The predicted octanol–water partition coefficient (Wildman–Crippen LogP) is 4.01. The number of ether oxygens (including phenoxy) is 2. The summed E-state index contributed by atoms with van der Waals surface area (Å²) in [5.74, 6) is -1.64. The van der Waals surface area contributed by atoms with E-state index in [1.165, 1.54) is 0 Å². The van der Waals surface area contributed by atoms with Crippen LogP contribution >= 0.6 is 0 Å². The zero-order valence-corrected chi connectivity index (χ0v) is 26.1. The number of allylic oxidation sites excluding steroid dienone is 2. The smallest absolute Gasteiger partial charge is 0.306 e. The summed E-state index contributed by atoms with van der Waals surface area (Å²) in [6, 6.07) is 9.75. The second-order valence-electron chi connectivity index (χ2n) is 11.1. The van der Waals surface area contributed by atoms with Gasteiger partial charge in [-0.3, -0.25) is 14.4 Å². The number of benzene rings is 1. The van der Waals surface area contributed by atoms with Crippen molar-refractivity contribution in [3.8, 4) is 0 Å². The maximum Gasteiger partial charge on any atom is 0.306 e. The predicted molar refractivity (Wildman–Crippen MR) is 166 cm³/mol. The maximum atomic E-state index is 12.7. The van der Waals surface area contributed by atoms with Gasteiger partial charge in [0.1, 0.15) is 6.10 Å². The number of carbonyl (C=O) groups is 3. The fraction of sp³-hybridized carbons (Fsp3) is 0.606. The normalized spacial score (nSPS) is 20.2. The molecule has 0 unspecified atom stereocenters. The highest BCUT2D eigenvalue weighted by atomic mass is 16.9. The Morgan fingerprint density at radius 3 is 2.49 bits per heavy atom. The second-order valence-corrected chi connectivity index (χ2v) is 11.1. The molecule has 0 heterocycles. The molecule has 0 aromatic heterocycles. The molecular weight excluding hydrogens is 584 g/mol. The molecule has 0 saturated heterocycles. The van der Waals surface area contributed by atoms with E-state index in [4.69, 9.17) is 9.47 Å². The molecule has 1 aromatic rings. The van der Waals surface area contributed by atoms with Crippen LogP contribution in [0.25, 0.3) is 0 Å². The number of nitrogens with one attached hydrogen (secondary N) is 1. The van der Waals surface area contributed by atoms with Gasteiger partial charge in [-0.15, -0.1) is 10.1 Å². The number of carbonyl (C=O) groups excluding carboxylic acids is 3. The molecule has 250 valence electrons. The second kappa shape index (κ2) is 21.9. The minimum Gasteiger partial charge on any atom is -0.466 e. The molecule has 1 aliphatic rings. The number of rotatable bonds is 22. The summed E-state index contributed by atoms with van der Waals surface area (Å²) in [5.41, 5.74) is 1.07. The number of aliphatic hydroxyl groups excluding tert-OH is 2. The summed E-state index contributed by atoms with van der Waals surface area (Å²) in [7, 11) is 0. The zero-order valence-electron chi connectivity index (χ0n) is 26.1. The molecule has 1 fully saturated rings. The lowest BCUT2D eigenvalue weighted by atomic mass is 9.89. The molecule has 12 nitrogen and oxygen atoms in total. The maximum absolute atomic E-state index is 12.7. The topological polar surface area (TPSA) is 175 Å². The van der Waals surface area contributed by atoms with E-state index in [2.05, 4.69) is 10.2 Å². The average molecular weight is 633 g/mol. The Bertz CT molecular complexity index is 1090. The Balaban J connectivity index is 1.91. The highest BCUT2D eigenvalue weighted by molar-refractivity contribution is 5.77. The molecule has 2 rings (SSSR count). The quantitative estimate of drug-likeness (QED) is 0.0557. The van der Waals surface area contributed by atoms with Crippen molar-refractivity contribution in [3.05, 3.63) is 70.3 Å². The Morgan fingerprint density at radius 1 is 1.02 bits per heavy atom. The van der Waals surface area contributed by atoms with Gasteiger partial charge in [0.05, 0.1) is 38.3 Å². The van der Waals surface area contributed by atoms with Gasteiger partial charge in [0, 0.05) is 25.3 Å². The molecule has 45 heavy (non-hydrogen) atoms. The van der Waals surface area contributed by atoms with Crippen molar-refractivity contribution in [1.29, 1.82) is 0 Å². The van der Waals surface area contributed by atoms with Crippen molar-refractivity contribution in [2.45, 2.75) is 95.9 Å². The highest BCUT2D eigenvalue weighted by Crippen LogP contribution is 2.36. The first-order chi connectivity index (χ1) is 21.7. The van der Waals surface area contributed by atoms with Crippen molar-refractivity contribution in [2.24, 2.45) is 11.8 Å². The van der Waals surface area contributed by atoms with Crippen LogP contribution < -0.4 is 5.32 Å². The third kappa shape index (κ3) is 16.2. The summed E-state index contributed by atoms with van der Waals surface area (Å²) in [6.45, 7) is 2.48. The van der Waals surface area contributed by atoms with Crippen LogP contribution in [0.15, 0.2) is 54.6 Å². The summed E-state index contributed by atoms with van der Waals surface area (Å²) in [6.07, 6.45) is 9.86. The van der Waals surface area contributed by atoms with Gasteiger partial charge in [0.25, 0.3) is 5.09 Å². The Hall–Kier alpha value is -3.77. The van der Waals surface area contributed by atoms with Crippen molar-refractivity contribution in [3.63, 3.8) is 0 Å². The molecule has 1 saturated carbocycles. The summed E-state index contributed by atoms with van der Waals surface area (Å²) in [5, 5.41) is 33.4. The van der Waals surface area contributed by atoms with Crippen LogP contribution in [0.3, 0.4) is 0 Å². The van der Waals surface area contributed by atoms with Gasteiger partial charge in [-0.1, -0.05) is 48.6 Å². The fourth-order valence-corrected chi connectivity index (χ4v) is 5.18. The third-order valence-corrected chi connectivity index (χ3v) is 7.56. The number of amides is 1. The highest BCUT2D eigenvalue weighted by Gasteiger charge is 2.39. The molecule has 0 spiro atoms. The van der Waals surface area contributed by atoms with E-state index in [-0.39, 0.29) is 50.2 Å². The van der Waals surface area contributed by atoms with Crippen molar-refractivity contribution in [2.75, 3.05) is 19.8 Å². The molecular formula is C33H48N2O10. The first kappa shape index (κ1) is 37.4. The summed E-state index contributed by atoms with van der Waals surface area (Å²) >= 11 is 0. The molecule has 12 heteroatoms. The molecule has 0 bridgehead atoms. The van der Waals surface area contributed by atoms with E-state index in [1.54, 1.807) is 6.08 Å². The van der Waals surface area contributed by atoms with Crippen molar-refractivity contribution >= 4 is 17.8 Å². The fourth-order valence-electron chi connectivity index (χ4n) is 5.18. The van der Waals surface area contributed by atoms with Crippen LogP contribution in [-0.2, 0) is 35.1 Å². The molecule has 3 N–H and O–H groups in total. The number of hydrogen-bond donors (Lipinski definition) is 3. The van der Waals surface area contributed by atoms with Crippen LogP contribution in [0.5, 0.6) is 0 Å². The Labute approximate surface area is 264 Å². The first-order valence-electron chi connectivity index (χ1n) is 15.8. The monoisotopic (exact) mass is 632 g/mol. The molecule has 1 aliphatic carbocycles. The van der Waals surface area contributed by atoms with Gasteiger partial charge in [0.15, 0.2) is 0 Å². The Kier molecular flexibility index (Phi) is 18.2. The molecule has 1 amide bonds. The van der Waals surface area contributed by atoms with Gasteiger partial charge in [0.2, 0.25) is 5.91 Å². The molecule has 5 atom stereocenters. The number of aliphatic hydroxyl groups is 2. The van der Waals surface area contributed by atoms with Gasteiger partial charge in [-0.25, -0.2) is 0 Å². The molecule has 1 aromatic carbocycles. The van der Waals surface area contributed by atoms with Gasteiger partial charge < -0.3 is 29.8 Å². The van der Waals surface area contributed by atoms with Gasteiger partial charge >= 0.3 is 11.9 Å². The number of nitrogens with zero attached hydrogens (tertiary/aromatic N) is 1. The lowest BCUT2D eigenvalue weighted by molar-refractivity contribution is -0.757. The number of unbranched alkanes of at least 4 members (excludes halogenated alkanes) is 2. The lowest BCUT2D eigenvalue weighted by Crippen LogP contribution is -2.22. The van der Waals surface area contributed by atoms with E-state index in [0.29, 0.717) is 45.1 Å². The first-order valence-corrected chi connectivity index (χ1v) is 15.8. The van der Waals surface area contributed by atoms with Gasteiger partial charge in [-0.05, 0) is 69.4 Å². The van der Waals surface area contributed by atoms with Crippen LogP contribution in [0.4, 0.5) is 0 Å². The van der Waals surface area contributed by atoms with Gasteiger partial charge in [-0.2, -0.15) is 0 Å². The van der Waals surface area contributed by atoms with Crippen molar-refractivity contribution < 1.29 is 44.0 Å². The summed E-state index contributed by atoms with van der Waals surface area (Å²) in [4.78, 5) is 50.6. The van der Waals surface area contributed by atoms with Crippen LogP contribution in [-0.4, -0.2) is 71.2 Å².